The van der Waals surface area contributed by atoms with E-state index < -0.39 is 13.0 Å². The fraction of sp³-hybridized carbons (Fsp3) is 0.125. The molecule has 0 saturated heterocycles. The average molecular weight is 498 g/mol. The SMILES string of the molecule is NCCOc1cccc2c(NCc3cccc(B(O)O)c3)nc(-c3nnc4c(C(N)=O)cccn34)nc12. The van der Waals surface area contributed by atoms with Gasteiger partial charge in [-0.1, -0.05) is 30.3 Å². The topological polar surface area (TPSA) is 187 Å². The van der Waals surface area contributed by atoms with Gasteiger partial charge in [0.2, 0.25) is 11.6 Å². The largest absolute Gasteiger partial charge is 0.490 e. The second kappa shape index (κ2) is 10.2. The van der Waals surface area contributed by atoms with Crippen molar-refractivity contribution >= 4 is 40.9 Å². The zero-order chi connectivity index (χ0) is 25.9. The summed E-state index contributed by atoms with van der Waals surface area (Å²) < 4.78 is 7.43. The van der Waals surface area contributed by atoms with Crippen LogP contribution < -0.4 is 27.0 Å². The highest BCUT2D eigenvalue weighted by Crippen LogP contribution is 2.31. The van der Waals surface area contributed by atoms with Gasteiger partial charge in [-0.3, -0.25) is 9.20 Å². The van der Waals surface area contributed by atoms with Gasteiger partial charge in [0.15, 0.2) is 5.65 Å². The number of primary amides is 1. The van der Waals surface area contributed by atoms with E-state index in [-0.39, 0.29) is 17.0 Å². The van der Waals surface area contributed by atoms with E-state index in [0.717, 1.165) is 5.56 Å². The zero-order valence-electron chi connectivity index (χ0n) is 19.6. The molecule has 0 unspecified atom stereocenters. The molecule has 2 aromatic carbocycles. The number of amides is 1. The summed E-state index contributed by atoms with van der Waals surface area (Å²) in [5.74, 6) is 0.941. The number of carbonyl (C=O) groups is 1. The molecule has 1 amide bonds. The number of nitrogens with one attached hydrogen (secondary N) is 1. The first-order chi connectivity index (χ1) is 18.0. The maximum absolute atomic E-state index is 11.9. The minimum absolute atomic E-state index is 0.221. The molecule has 0 atom stereocenters. The van der Waals surface area contributed by atoms with Crippen LogP contribution in [0.3, 0.4) is 0 Å². The number of anilines is 1. The number of benzene rings is 2. The number of carbonyl (C=O) groups excluding carboxylic acids is 1. The summed E-state index contributed by atoms with van der Waals surface area (Å²) in [4.78, 5) is 21.3. The predicted octanol–water partition coefficient (Wildman–Crippen LogP) is 0.0678. The van der Waals surface area contributed by atoms with E-state index in [0.29, 0.717) is 53.5 Å². The molecule has 13 heteroatoms. The summed E-state index contributed by atoms with van der Waals surface area (Å²) in [6.45, 7) is 0.969. The molecule has 0 spiro atoms. The second-order valence-corrected chi connectivity index (χ2v) is 8.16. The van der Waals surface area contributed by atoms with E-state index in [1.54, 1.807) is 47.0 Å². The third-order valence-corrected chi connectivity index (χ3v) is 5.67. The summed E-state index contributed by atoms with van der Waals surface area (Å²) in [6, 6.07) is 15.6. The van der Waals surface area contributed by atoms with Crippen LogP contribution in [0.25, 0.3) is 28.2 Å². The molecule has 0 aliphatic carbocycles. The molecule has 12 nitrogen and oxygen atoms in total. The maximum atomic E-state index is 11.9. The summed E-state index contributed by atoms with van der Waals surface area (Å²) in [5.41, 5.74) is 13.4. The zero-order valence-corrected chi connectivity index (χ0v) is 19.6. The van der Waals surface area contributed by atoms with E-state index in [1.807, 2.05) is 18.2 Å². The Bertz CT molecular complexity index is 1610. The van der Waals surface area contributed by atoms with Crippen molar-refractivity contribution in [1.29, 1.82) is 0 Å². The van der Waals surface area contributed by atoms with Crippen LogP contribution in [0, 0.1) is 0 Å². The molecule has 37 heavy (non-hydrogen) atoms. The van der Waals surface area contributed by atoms with Gasteiger partial charge in [0.1, 0.15) is 23.7 Å². The monoisotopic (exact) mass is 498 g/mol. The summed E-state index contributed by atoms with van der Waals surface area (Å²) in [7, 11) is -1.57. The van der Waals surface area contributed by atoms with E-state index >= 15 is 0 Å². The number of rotatable bonds is 9. The van der Waals surface area contributed by atoms with Crippen LogP contribution in [0.5, 0.6) is 5.75 Å². The van der Waals surface area contributed by atoms with Crippen molar-refractivity contribution in [2.45, 2.75) is 6.54 Å². The number of nitrogens with zero attached hydrogens (tertiary/aromatic N) is 5. The highest BCUT2D eigenvalue weighted by Gasteiger charge is 2.19. The Morgan fingerprint density at radius 3 is 2.70 bits per heavy atom. The maximum Gasteiger partial charge on any atom is 0.488 e. The summed E-state index contributed by atoms with van der Waals surface area (Å²) >= 11 is 0. The number of aromatic nitrogens is 5. The Hall–Kier alpha value is -4.59. The number of hydrogen-bond acceptors (Lipinski definition) is 10. The van der Waals surface area contributed by atoms with Crippen molar-refractivity contribution in [3.05, 3.63) is 71.9 Å². The Morgan fingerprint density at radius 1 is 1.08 bits per heavy atom. The molecule has 5 aromatic rings. The lowest BCUT2D eigenvalue weighted by molar-refractivity contribution is 0.100. The van der Waals surface area contributed by atoms with Crippen LogP contribution in [0.1, 0.15) is 15.9 Å². The van der Waals surface area contributed by atoms with Gasteiger partial charge in [-0.05, 0) is 35.3 Å². The Balaban J connectivity index is 1.63. The third kappa shape index (κ3) is 4.78. The van der Waals surface area contributed by atoms with Gasteiger partial charge in [0, 0.05) is 24.7 Å². The highest BCUT2D eigenvalue weighted by molar-refractivity contribution is 6.58. The van der Waals surface area contributed by atoms with Gasteiger partial charge in [0.05, 0.1) is 5.56 Å². The molecule has 0 bridgehead atoms. The van der Waals surface area contributed by atoms with Gasteiger partial charge in [0.25, 0.3) is 5.91 Å². The fourth-order valence-electron chi connectivity index (χ4n) is 3.96. The molecule has 3 heterocycles. The predicted molar refractivity (Wildman–Crippen MR) is 138 cm³/mol. The third-order valence-electron chi connectivity index (χ3n) is 5.67. The first-order valence-electron chi connectivity index (χ1n) is 11.4. The van der Waals surface area contributed by atoms with Crippen LogP contribution >= 0.6 is 0 Å². The molecule has 3 aromatic heterocycles. The molecule has 0 fully saturated rings. The standard InChI is InChI=1S/C24H23BN8O4/c26-9-11-37-18-8-2-6-16-19(18)29-22(24-32-31-23-17(20(27)34)7-3-10-33(23)24)30-21(16)28-13-14-4-1-5-15(12-14)25(35)36/h1-8,10,12,35-36H,9,11,13,26H2,(H2,27,34)(H,28,29,30). The Morgan fingerprint density at radius 2 is 1.92 bits per heavy atom. The molecule has 0 radical (unpaired) electrons. The highest BCUT2D eigenvalue weighted by atomic mass is 16.5. The quantitative estimate of drug-likeness (QED) is 0.174. The van der Waals surface area contributed by atoms with Crippen molar-refractivity contribution in [3.63, 3.8) is 0 Å². The van der Waals surface area contributed by atoms with Crippen molar-refractivity contribution in [1.82, 2.24) is 24.6 Å². The minimum Gasteiger partial charge on any atom is -0.490 e. The Kier molecular flexibility index (Phi) is 6.64. The number of ether oxygens (including phenoxy) is 1. The van der Waals surface area contributed by atoms with Gasteiger partial charge >= 0.3 is 7.12 Å². The van der Waals surface area contributed by atoms with Crippen molar-refractivity contribution in [3.8, 4) is 17.4 Å². The lowest BCUT2D eigenvalue weighted by Gasteiger charge is -2.14. The lowest BCUT2D eigenvalue weighted by atomic mass is 9.80. The first-order valence-corrected chi connectivity index (χ1v) is 11.4. The van der Waals surface area contributed by atoms with Gasteiger partial charge in [-0.15, -0.1) is 10.2 Å². The summed E-state index contributed by atoms with van der Waals surface area (Å²) in [5, 5.41) is 31.4. The van der Waals surface area contributed by atoms with E-state index in [1.165, 1.54) is 0 Å². The van der Waals surface area contributed by atoms with Crippen LogP contribution in [0.15, 0.2) is 60.8 Å². The minimum atomic E-state index is -1.57. The molecule has 5 rings (SSSR count). The second-order valence-electron chi connectivity index (χ2n) is 8.16. The van der Waals surface area contributed by atoms with Crippen LogP contribution in [-0.2, 0) is 6.54 Å². The lowest BCUT2D eigenvalue weighted by Crippen LogP contribution is -2.30. The number of nitrogens with two attached hydrogens (primary N) is 2. The molecule has 0 aliphatic heterocycles. The molecule has 7 N–H and O–H groups in total. The Labute approximate surface area is 211 Å². The molecular formula is C24H23BN8O4. The van der Waals surface area contributed by atoms with Crippen molar-refractivity contribution < 1.29 is 19.6 Å². The van der Waals surface area contributed by atoms with Gasteiger partial charge in [-0.2, -0.15) is 0 Å². The van der Waals surface area contributed by atoms with Crippen LogP contribution in [-0.4, -0.2) is 60.8 Å². The van der Waals surface area contributed by atoms with Crippen LogP contribution in [0.2, 0.25) is 0 Å². The average Bonchev–Trinajstić information content (AvgIpc) is 3.34. The summed E-state index contributed by atoms with van der Waals surface area (Å²) in [6.07, 6.45) is 1.69. The van der Waals surface area contributed by atoms with Crippen molar-refractivity contribution in [2.75, 3.05) is 18.5 Å². The van der Waals surface area contributed by atoms with Gasteiger partial charge < -0.3 is 31.6 Å². The molecule has 0 aliphatic rings. The normalized spacial score (nSPS) is 11.1. The van der Waals surface area contributed by atoms with Crippen LogP contribution in [0.4, 0.5) is 5.82 Å². The molecule has 186 valence electrons. The number of pyridine rings is 1. The van der Waals surface area contributed by atoms with Crippen molar-refractivity contribution in [2.24, 2.45) is 11.5 Å². The molecular weight excluding hydrogens is 475 g/mol. The molecule has 0 saturated carbocycles. The smallest absolute Gasteiger partial charge is 0.488 e. The first kappa shape index (κ1) is 24.1. The fourth-order valence-corrected chi connectivity index (χ4v) is 3.96. The van der Waals surface area contributed by atoms with Gasteiger partial charge in [-0.25, -0.2) is 9.97 Å². The van der Waals surface area contributed by atoms with E-state index in [9.17, 15) is 14.8 Å². The number of hydrogen-bond donors (Lipinski definition) is 5. The number of para-hydroxylation sites is 1. The number of fused-ring (bicyclic) bond motifs is 2. The van der Waals surface area contributed by atoms with E-state index in [2.05, 4.69) is 15.5 Å². The van der Waals surface area contributed by atoms with E-state index in [4.69, 9.17) is 26.2 Å².